The highest BCUT2D eigenvalue weighted by molar-refractivity contribution is 7.89. The smallest absolute Gasteiger partial charge is 0.244 e. The number of aromatic nitrogens is 1. The van der Waals surface area contributed by atoms with E-state index in [0.29, 0.717) is 25.3 Å². The summed E-state index contributed by atoms with van der Waals surface area (Å²) in [6.45, 7) is 4.82. The zero-order valence-electron chi connectivity index (χ0n) is 10.6. The van der Waals surface area contributed by atoms with Crippen molar-refractivity contribution in [3.05, 3.63) is 18.0 Å². The summed E-state index contributed by atoms with van der Waals surface area (Å²) in [4.78, 5) is 3.13. The molecule has 1 saturated heterocycles. The zero-order valence-corrected chi connectivity index (χ0v) is 11.4. The molecule has 0 bridgehead atoms. The minimum absolute atomic E-state index is 0.0866. The molecule has 2 rings (SSSR count). The molecule has 3 N–H and O–H groups in total. The number of rotatable bonds is 3. The minimum Gasteiger partial charge on any atom is -0.373 e. The molecule has 2 atom stereocenters. The van der Waals surface area contributed by atoms with Crippen molar-refractivity contribution < 1.29 is 13.2 Å². The molecule has 6 nitrogen and oxygen atoms in total. The van der Waals surface area contributed by atoms with Crippen molar-refractivity contribution >= 4 is 10.0 Å². The van der Waals surface area contributed by atoms with Crippen molar-refractivity contribution in [3.8, 4) is 0 Å². The van der Waals surface area contributed by atoms with Gasteiger partial charge < -0.3 is 15.5 Å². The van der Waals surface area contributed by atoms with Crippen LogP contribution in [-0.4, -0.2) is 43.0 Å². The van der Waals surface area contributed by atoms with Gasteiger partial charge in [0, 0.05) is 31.5 Å². The first-order chi connectivity index (χ1) is 8.43. The standard InChI is InChI=1S/C11H19N3O3S/c1-8-6-14(7-9(2)17-8)18(15,16)11-3-10(4-12)13-5-11/h3,5,8-9,13H,4,6-7,12H2,1-2H3. The fourth-order valence-corrected chi connectivity index (χ4v) is 3.77. The van der Waals surface area contributed by atoms with Gasteiger partial charge in [-0.15, -0.1) is 0 Å². The molecule has 1 aromatic heterocycles. The SMILES string of the molecule is CC1CN(S(=O)(=O)c2c[nH]c(CN)c2)CC(C)O1. The predicted octanol–water partition coefficient (Wildman–Crippen LogP) is 0.271. The summed E-state index contributed by atoms with van der Waals surface area (Å²) in [6.07, 6.45) is 1.32. The van der Waals surface area contributed by atoms with Gasteiger partial charge in [0.2, 0.25) is 10.0 Å². The third kappa shape index (κ3) is 2.59. The lowest BCUT2D eigenvalue weighted by molar-refractivity contribution is -0.0440. The van der Waals surface area contributed by atoms with Gasteiger partial charge in [0.05, 0.1) is 17.1 Å². The van der Waals surface area contributed by atoms with Gasteiger partial charge in [-0.3, -0.25) is 0 Å². The van der Waals surface area contributed by atoms with Gasteiger partial charge in [-0.05, 0) is 19.9 Å². The van der Waals surface area contributed by atoms with Crippen LogP contribution in [0.2, 0.25) is 0 Å². The highest BCUT2D eigenvalue weighted by atomic mass is 32.2. The molecule has 0 aliphatic carbocycles. The lowest BCUT2D eigenvalue weighted by Crippen LogP contribution is -2.47. The van der Waals surface area contributed by atoms with Crippen LogP contribution < -0.4 is 5.73 Å². The molecule has 2 heterocycles. The van der Waals surface area contributed by atoms with Crippen LogP contribution in [0.4, 0.5) is 0 Å². The van der Waals surface area contributed by atoms with E-state index in [9.17, 15) is 8.42 Å². The quantitative estimate of drug-likeness (QED) is 0.827. The van der Waals surface area contributed by atoms with E-state index in [1.54, 1.807) is 6.07 Å². The van der Waals surface area contributed by atoms with Crippen LogP contribution >= 0.6 is 0 Å². The molecule has 1 aromatic rings. The van der Waals surface area contributed by atoms with Gasteiger partial charge >= 0.3 is 0 Å². The van der Waals surface area contributed by atoms with E-state index in [-0.39, 0.29) is 17.1 Å². The molecule has 2 unspecified atom stereocenters. The van der Waals surface area contributed by atoms with Gasteiger partial charge in [-0.25, -0.2) is 8.42 Å². The topological polar surface area (TPSA) is 88.4 Å². The Labute approximate surface area is 107 Å². The zero-order chi connectivity index (χ0) is 13.3. The van der Waals surface area contributed by atoms with Gasteiger partial charge in [0.15, 0.2) is 0 Å². The van der Waals surface area contributed by atoms with Crippen molar-refractivity contribution in [2.45, 2.75) is 37.5 Å². The van der Waals surface area contributed by atoms with Gasteiger partial charge in [0.25, 0.3) is 0 Å². The minimum atomic E-state index is -3.45. The van der Waals surface area contributed by atoms with E-state index in [1.165, 1.54) is 10.5 Å². The monoisotopic (exact) mass is 273 g/mol. The Morgan fingerprint density at radius 2 is 2.06 bits per heavy atom. The molecule has 0 amide bonds. The molecule has 0 radical (unpaired) electrons. The van der Waals surface area contributed by atoms with E-state index in [4.69, 9.17) is 10.5 Å². The summed E-state index contributed by atoms with van der Waals surface area (Å²) in [7, 11) is -3.45. The largest absolute Gasteiger partial charge is 0.373 e. The molecule has 0 spiro atoms. The van der Waals surface area contributed by atoms with Gasteiger partial charge in [0.1, 0.15) is 0 Å². The first kappa shape index (κ1) is 13.5. The Bertz CT molecular complexity index is 501. The normalized spacial score (nSPS) is 26.4. The molecular weight excluding hydrogens is 254 g/mol. The first-order valence-corrected chi connectivity index (χ1v) is 7.40. The van der Waals surface area contributed by atoms with Gasteiger partial charge in [-0.1, -0.05) is 0 Å². The second-order valence-corrected chi connectivity index (χ2v) is 6.58. The predicted molar refractivity (Wildman–Crippen MR) is 67.5 cm³/mol. The third-order valence-corrected chi connectivity index (χ3v) is 4.77. The molecule has 102 valence electrons. The Morgan fingerprint density at radius 3 is 2.56 bits per heavy atom. The maximum Gasteiger partial charge on any atom is 0.244 e. The van der Waals surface area contributed by atoms with E-state index in [0.717, 1.165) is 0 Å². The Morgan fingerprint density at radius 1 is 1.44 bits per heavy atom. The lowest BCUT2D eigenvalue weighted by atomic mass is 10.3. The number of H-pyrrole nitrogens is 1. The third-order valence-electron chi connectivity index (χ3n) is 2.96. The number of aromatic amines is 1. The molecule has 1 aliphatic rings. The number of nitrogens with zero attached hydrogens (tertiary/aromatic N) is 1. The first-order valence-electron chi connectivity index (χ1n) is 5.96. The van der Waals surface area contributed by atoms with E-state index in [2.05, 4.69) is 4.98 Å². The van der Waals surface area contributed by atoms with E-state index < -0.39 is 10.0 Å². The van der Waals surface area contributed by atoms with E-state index in [1.807, 2.05) is 13.8 Å². The van der Waals surface area contributed by atoms with Gasteiger partial charge in [-0.2, -0.15) is 4.31 Å². The van der Waals surface area contributed by atoms with E-state index >= 15 is 0 Å². The lowest BCUT2D eigenvalue weighted by Gasteiger charge is -2.34. The Balaban J connectivity index is 2.25. The van der Waals surface area contributed by atoms with Crippen LogP contribution in [0.5, 0.6) is 0 Å². The Kier molecular flexibility index (Phi) is 3.76. The number of nitrogens with two attached hydrogens (primary N) is 1. The second kappa shape index (κ2) is 5.00. The van der Waals surface area contributed by atoms with Crippen molar-refractivity contribution in [3.63, 3.8) is 0 Å². The summed E-state index contributed by atoms with van der Waals surface area (Å²) in [5.74, 6) is 0. The molecule has 0 saturated carbocycles. The van der Waals surface area contributed by atoms with Crippen molar-refractivity contribution in [2.75, 3.05) is 13.1 Å². The van der Waals surface area contributed by atoms with Crippen molar-refractivity contribution in [1.29, 1.82) is 0 Å². The number of hydrogen-bond donors (Lipinski definition) is 2. The molecule has 1 aliphatic heterocycles. The number of sulfonamides is 1. The number of hydrogen-bond acceptors (Lipinski definition) is 4. The average molecular weight is 273 g/mol. The van der Waals surface area contributed by atoms with Crippen LogP contribution in [0.3, 0.4) is 0 Å². The van der Waals surface area contributed by atoms with Crippen LogP contribution in [0, 0.1) is 0 Å². The summed E-state index contributed by atoms with van der Waals surface area (Å²) in [5, 5.41) is 0. The maximum absolute atomic E-state index is 12.4. The fourth-order valence-electron chi connectivity index (χ4n) is 2.16. The molecule has 7 heteroatoms. The summed E-state index contributed by atoms with van der Waals surface area (Å²) < 4.78 is 31.8. The number of nitrogens with one attached hydrogen (secondary N) is 1. The summed E-state index contributed by atoms with van der Waals surface area (Å²) in [5.41, 5.74) is 6.18. The number of morpholine rings is 1. The average Bonchev–Trinajstić information content (AvgIpc) is 2.76. The van der Waals surface area contributed by atoms with Crippen LogP contribution in [0.15, 0.2) is 17.2 Å². The summed E-state index contributed by atoms with van der Waals surface area (Å²) in [6, 6.07) is 1.58. The van der Waals surface area contributed by atoms with Crippen LogP contribution in [0.1, 0.15) is 19.5 Å². The second-order valence-electron chi connectivity index (χ2n) is 4.64. The molecule has 1 fully saturated rings. The number of ether oxygens (including phenoxy) is 1. The van der Waals surface area contributed by atoms with Crippen LogP contribution in [-0.2, 0) is 21.3 Å². The highest BCUT2D eigenvalue weighted by Crippen LogP contribution is 2.21. The summed E-state index contributed by atoms with van der Waals surface area (Å²) >= 11 is 0. The van der Waals surface area contributed by atoms with Crippen molar-refractivity contribution in [2.24, 2.45) is 5.73 Å². The Hall–Kier alpha value is -0.890. The van der Waals surface area contributed by atoms with Crippen molar-refractivity contribution in [1.82, 2.24) is 9.29 Å². The molecular formula is C11H19N3O3S. The fraction of sp³-hybridized carbons (Fsp3) is 0.636. The highest BCUT2D eigenvalue weighted by Gasteiger charge is 2.32. The molecule has 18 heavy (non-hydrogen) atoms. The molecule has 0 aromatic carbocycles. The maximum atomic E-state index is 12.4. The van der Waals surface area contributed by atoms with Crippen LogP contribution in [0.25, 0.3) is 0 Å².